The van der Waals surface area contributed by atoms with Crippen LogP contribution in [0, 0.1) is 6.92 Å². The van der Waals surface area contributed by atoms with E-state index in [-0.39, 0.29) is 0 Å². The number of aryl methyl sites for hydroxylation is 3. The van der Waals surface area contributed by atoms with Crippen LogP contribution >= 0.6 is 11.3 Å². The number of pyridine rings is 1. The summed E-state index contributed by atoms with van der Waals surface area (Å²) >= 11 is 1.78. The van der Waals surface area contributed by atoms with E-state index in [0.29, 0.717) is 5.56 Å². The highest BCUT2D eigenvalue weighted by atomic mass is 32.1. The molecule has 0 spiro atoms. The third kappa shape index (κ3) is 3.95. The first-order valence-corrected chi connectivity index (χ1v) is 11.5. The highest BCUT2D eigenvalue weighted by Crippen LogP contribution is 2.44. The van der Waals surface area contributed by atoms with Crippen LogP contribution < -0.4 is 0 Å². The molecule has 0 aromatic carbocycles. The molecule has 1 aliphatic carbocycles. The van der Waals surface area contributed by atoms with Gasteiger partial charge in [-0.2, -0.15) is 0 Å². The molecule has 0 radical (unpaired) electrons. The Bertz CT molecular complexity index is 1070. The predicted molar refractivity (Wildman–Crippen MR) is 123 cm³/mol. The lowest BCUT2D eigenvalue weighted by atomic mass is 9.86. The molecule has 1 atom stereocenters. The monoisotopic (exact) mass is 426 g/mol. The molecule has 1 unspecified atom stereocenters. The number of carbonyl (C=O) groups is 1. The van der Waals surface area contributed by atoms with Gasteiger partial charge in [0, 0.05) is 33.8 Å². The van der Waals surface area contributed by atoms with Crippen molar-refractivity contribution in [1.82, 2.24) is 4.98 Å². The van der Waals surface area contributed by atoms with Crippen LogP contribution in [-0.4, -0.2) is 33.9 Å². The van der Waals surface area contributed by atoms with Crippen LogP contribution in [0.4, 0.5) is 0 Å². The largest absolute Gasteiger partial charge is 0.479 e. The molecule has 4 rings (SSSR count). The Morgan fingerprint density at radius 1 is 1.20 bits per heavy atom. The quantitative estimate of drug-likeness (QED) is 0.683. The Labute approximate surface area is 181 Å². The van der Waals surface area contributed by atoms with Crippen LogP contribution in [-0.2, 0) is 22.4 Å². The zero-order valence-corrected chi connectivity index (χ0v) is 19.3. The Hall–Kier alpha value is -2.05. The molecule has 30 heavy (non-hydrogen) atoms. The number of rotatable bonds is 4. The molecule has 160 valence electrons. The molecule has 0 saturated carbocycles. The Balaban J connectivity index is 2.06. The number of allylic oxidation sites excluding steroid dienone is 1. The van der Waals surface area contributed by atoms with E-state index in [4.69, 9.17) is 9.72 Å². The zero-order chi connectivity index (χ0) is 21.6. The minimum absolute atomic E-state index is 0.589. The molecular formula is C24H30N2O3S. The first kappa shape index (κ1) is 21.2. The van der Waals surface area contributed by atoms with Gasteiger partial charge in [-0.3, -0.25) is 4.99 Å². The molecule has 3 heterocycles. The van der Waals surface area contributed by atoms with E-state index in [1.165, 1.54) is 23.3 Å². The zero-order valence-electron chi connectivity index (χ0n) is 18.5. The average Bonchev–Trinajstić information content (AvgIpc) is 3.02. The van der Waals surface area contributed by atoms with Crippen molar-refractivity contribution in [2.45, 2.75) is 78.4 Å². The number of hydrogen-bond acceptors (Lipinski definition) is 5. The molecule has 0 saturated heterocycles. The molecule has 1 aliphatic heterocycles. The van der Waals surface area contributed by atoms with Crippen molar-refractivity contribution in [2.75, 3.05) is 6.54 Å². The van der Waals surface area contributed by atoms with Gasteiger partial charge in [0.25, 0.3) is 0 Å². The normalized spacial score (nSPS) is 18.0. The molecule has 0 bridgehead atoms. The van der Waals surface area contributed by atoms with Gasteiger partial charge in [-0.1, -0.05) is 0 Å². The van der Waals surface area contributed by atoms with E-state index in [1.54, 1.807) is 11.3 Å². The van der Waals surface area contributed by atoms with Crippen molar-refractivity contribution in [3.05, 3.63) is 33.3 Å². The number of hydrogen-bond donors (Lipinski definition) is 1. The van der Waals surface area contributed by atoms with Gasteiger partial charge < -0.3 is 9.84 Å². The predicted octanol–water partition coefficient (Wildman–Crippen LogP) is 5.67. The van der Waals surface area contributed by atoms with Crippen LogP contribution in [0.15, 0.2) is 11.1 Å². The Kier molecular flexibility index (Phi) is 5.58. The van der Waals surface area contributed by atoms with Crippen LogP contribution in [0.5, 0.6) is 0 Å². The van der Waals surface area contributed by atoms with E-state index in [1.807, 2.05) is 34.6 Å². The molecular weight excluding hydrogens is 396 g/mol. The van der Waals surface area contributed by atoms with Gasteiger partial charge in [-0.15, -0.1) is 11.3 Å². The summed E-state index contributed by atoms with van der Waals surface area (Å²) in [6.07, 6.45) is 6.35. The van der Waals surface area contributed by atoms with E-state index < -0.39 is 17.7 Å². The highest BCUT2D eigenvalue weighted by Gasteiger charge is 2.34. The van der Waals surface area contributed by atoms with Gasteiger partial charge in [0.2, 0.25) is 0 Å². The van der Waals surface area contributed by atoms with Crippen molar-refractivity contribution in [2.24, 2.45) is 4.99 Å². The molecule has 2 aromatic rings. The van der Waals surface area contributed by atoms with Crippen LogP contribution in [0.2, 0.25) is 0 Å². The molecule has 1 N–H and O–H groups in total. The average molecular weight is 427 g/mol. The highest BCUT2D eigenvalue weighted by molar-refractivity contribution is 7.18. The van der Waals surface area contributed by atoms with Crippen molar-refractivity contribution in [3.63, 3.8) is 0 Å². The van der Waals surface area contributed by atoms with Crippen molar-refractivity contribution < 1.29 is 14.6 Å². The number of aliphatic carboxylic acids is 1. The fourth-order valence-electron chi connectivity index (χ4n) is 4.58. The van der Waals surface area contributed by atoms with Gasteiger partial charge in [0.15, 0.2) is 6.10 Å². The summed E-state index contributed by atoms with van der Waals surface area (Å²) in [5, 5.41) is 11.3. The number of nitrogens with zero attached hydrogens (tertiary/aromatic N) is 2. The maximum atomic E-state index is 12.4. The summed E-state index contributed by atoms with van der Waals surface area (Å²) < 4.78 is 6.10. The number of carboxylic acid groups (broad SMARTS) is 1. The Morgan fingerprint density at radius 3 is 2.60 bits per heavy atom. The van der Waals surface area contributed by atoms with E-state index in [9.17, 15) is 9.90 Å². The number of thiophene rings is 1. The lowest BCUT2D eigenvalue weighted by molar-refractivity contribution is -0.160. The first-order valence-electron chi connectivity index (χ1n) is 10.7. The fraction of sp³-hybridized carbons (Fsp3) is 0.542. The first-order chi connectivity index (χ1) is 14.2. The standard InChI is InChI=1S/C24H30N2O3S/c1-13-12-15(10-11-25-13)19-18(21(23(27)28)29-24(3,4)5)14(2)26-22-20(19)16-8-6-7-9-17(16)30-22/h12,21H,6-11H2,1-5H3,(H,27,28). The van der Waals surface area contributed by atoms with Crippen molar-refractivity contribution in [3.8, 4) is 0 Å². The maximum Gasteiger partial charge on any atom is 0.337 e. The topological polar surface area (TPSA) is 71.8 Å². The van der Waals surface area contributed by atoms with Crippen LogP contribution in [0.3, 0.4) is 0 Å². The second-order valence-electron chi connectivity index (χ2n) is 9.27. The third-order valence-corrected chi connectivity index (χ3v) is 6.92. The lowest BCUT2D eigenvalue weighted by Crippen LogP contribution is -2.29. The second-order valence-corrected chi connectivity index (χ2v) is 10.4. The molecule has 2 aromatic heterocycles. The van der Waals surface area contributed by atoms with E-state index >= 15 is 0 Å². The molecule has 6 heteroatoms. The number of carboxylic acids is 1. The molecule has 5 nitrogen and oxygen atoms in total. The lowest BCUT2D eigenvalue weighted by Gasteiger charge is -2.29. The van der Waals surface area contributed by atoms with Gasteiger partial charge in [0.1, 0.15) is 4.83 Å². The van der Waals surface area contributed by atoms with Crippen molar-refractivity contribution in [1.29, 1.82) is 0 Å². The Morgan fingerprint density at radius 2 is 1.93 bits per heavy atom. The molecule has 2 aliphatic rings. The SMILES string of the molecule is CC1=NCCC(c2c(C(OC(C)(C)C)C(=O)O)c(C)nc3sc4c(c23)CCCC4)=C1. The molecule has 0 amide bonds. The van der Waals surface area contributed by atoms with Gasteiger partial charge >= 0.3 is 5.97 Å². The van der Waals surface area contributed by atoms with E-state index in [2.05, 4.69) is 11.1 Å². The maximum absolute atomic E-state index is 12.4. The summed E-state index contributed by atoms with van der Waals surface area (Å²) in [6.45, 7) is 10.3. The number of ether oxygens (including phenoxy) is 1. The van der Waals surface area contributed by atoms with Crippen LogP contribution in [0.1, 0.15) is 80.3 Å². The van der Waals surface area contributed by atoms with Gasteiger partial charge in [-0.25, -0.2) is 9.78 Å². The summed E-state index contributed by atoms with van der Waals surface area (Å²) in [4.78, 5) is 24.3. The number of fused-ring (bicyclic) bond motifs is 3. The van der Waals surface area contributed by atoms with Crippen LogP contribution in [0.25, 0.3) is 15.8 Å². The number of dihydropyridines is 1. The van der Waals surface area contributed by atoms with Gasteiger partial charge in [-0.05, 0) is 89.5 Å². The number of aromatic nitrogens is 1. The minimum Gasteiger partial charge on any atom is -0.479 e. The summed E-state index contributed by atoms with van der Waals surface area (Å²) in [6, 6.07) is 0. The van der Waals surface area contributed by atoms with Crippen molar-refractivity contribution >= 4 is 38.8 Å². The van der Waals surface area contributed by atoms with Gasteiger partial charge in [0.05, 0.1) is 5.60 Å². The number of aliphatic imine (C=N–C) groups is 1. The molecule has 0 fully saturated rings. The van der Waals surface area contributed by atoms with E-state index in [0.717, 1.165) is 58.6 Å². The smallest absolute Gasteiger partial charge is 0.337 e. The summed E-state index contributed by atoms with van der Waals surface area (Å²) in [5.74, 6) is -0.971. The third-order valence-electron chi connectivity index (χ3n) is 5.74. The summed E-state index contributed by atoms with van der Waals surface area (Å²) in [7, 11) is 0. The summed E-state index contributed by atoms with van der Waals surface area (Å²) in [5.41, 5.74) is 5.40. The fourth-order valence-corrected chi connectivity index (χ4v) is 5.89. The second kappa shape index (κ2) is 7.89. The minimum atomic E-state index is -1.06.